The van der Waals surface area contributed by atoms with E-state index in [1.165, 1.54) is 47.5 Å². The Kier molecular flexibility index (Phi) is 20.6. The molecule has 0 bridgehead atoms. The minimum atomic E-state index is -0.232. The fraction of sp³-hybridized carbons (Fsp3) is 0.615. The van der Waals surface area contributed by atoms with Crippen LogP contribution >= 0.6 is 0 Å². The van der Waals surface area contributed by atoms with Crippen LogP contribution in [0.1, 0.15) is 128 Å². The lowest BCUT2D eigenvalue weighted by Crippen LogP contribution is -2.44. The van der Waals surface area contributed by atoms with Gasteiger partial charge in [0.15, 0.2) is 11.5 Å². The summed E-state index contributed by atoms with van der Waals surface area (Å²) in [4.78, 5) is 21.6. The Bertz CT molecular complexity index is 1350. The quantitative estimate of drug-likeness (QED) is 0.241. The molecule has 1 saturated carbocycles. The maximum absolute atomic E-state index is 13.5. The predicted octanol–water partition coefficient (Wildman–Crippen LogP) is 8.90. The van der Waals surface area contributed by atoms with E-state index in [1.54, 1.807) is 17.4 Å². The highest BCUT2D eigenvalue weighted by atomic mass is 19.1. The Hall–Kier alpha value is -3.26. The molecule has 3 aromatic rings. The normalized spacial score (nSPS) is 13.4. The second kappa shape index (κ2) is 23.1. The third kappa shape index (κ3) is 15.5. The number of nitrogens with zero attached hydrogens (tertiary/aromatic N) is 4. The van der Waals surface area contributed by atoms with Gasteiger partial charge in [-0.1, -0.05) is 53.0 Å². The van der Waals surface area contributed by atoms with Crippen LogP contribution in [-0.4, -0.2) is 53.4 Å². The zero-order chi connectivity index (χ0) is 35.4. The van der Waals surface area contributed by atoms with Gasteiger partial charge >= 0.3 is 0 Å². The number of halogens is 1. The molecule has 2 N–H and O–H groups in total. The smallest absolute Gasteiger partial charge is 0.173 e. The van der Waals surface area contributed by atoms with E-state index in [-0.39, 0.29) is 11.6 Å². The van der Waals surface area contributed by atoms with Gasteiger partial charge in [-0.05, 0) is 96.2 Å². The van der Waals surface area contributed by atoms with Crippen LogP contribution < -0.4 is 15.5 Å². The number of Topliss-reactive ketones (excluding diaryl/α,β-unsaturated/α-hetero) is 1. The molecule has 5 rings (SSSR count). The number of rotatable bonds is 9. The van der Waals surface area contributed by atoms with E-state index in [0.717, 1.165) is 75.5 Å². The fourth-order valence-corrected chi connectivity index (χ4v) is 5.34. The Labute approximate surface area is 285 Å². The van der Waals surface area contributed by atoms with Gasteiger partial charge in [0.1, 0.15) is 5.78 Å². The van der Waals surface area contributed by atoms with Crippen molar-refractivity contribution in [2.45, 2.75) is 127 Å². The van der Waals surface area contributed by atoms with Crippen LogP contribution in [-0.2, 0) is 17.6 Å². The molecule has 2 fully saturated rings. The zero-order valence-electron chi connectivity index (χ0n) is 31.5. The Morgan fingerprint density at radius 3 is 2.09 bits per heavy atom. The minimum absolute atomic E-state index is 0.232. The highest BCUT2D eigenvalue weighted by molar-refractivity contribution is 5.75. The van der Waals surface area contributed by atoms with Crippen molar-refractivity contribution >= 4 is 17.1 Å². The number of anilines is 1. The van der Waals surface area contributed by atoms with E-state index < -0.39 is 0 Å². The van der Waals surface area contributed by atoms with Crippen LogP contribution in [0.4, 0.5) is 10.1 Å². The number of carbonyl (C=O) groups is 1. The van der Waals surface area contributed by atoms with Crippen LogP contribution in [0.2, 0.25) is 0 Å². The van der Waals surface area contributed by atoms with Gasteiger partial charge in [0.25, 0.3) is 0 Å². The van der Waals surface area contributed by atoms with Gasteiger partial charge in [-0.2, -0.15) is 0 Å². The molecule has 8 heteroatoms. The molecule has 4 heterocycles. The molecule has 0 atom stereocenters. The van der Waals surface area contributed by atoms with E-state index in [4.69, 9.17) is 4.98 Å². The van der Waals surface area contributed by atoms with Crippen molar-refractivity contribution in [3.63, 3.8) is 0 Å². The van der Waals surface area contributed by atoms with Gasteiger partial charge in [-0.3, -0.25) is 4.98 Å². The van der Waals surface area contributed by atoms with Crippen LogP contribution in [0.25, 0.3) is 5.65 Å². The lowest BCUT2D eigenvalue weighted by atomic mass is 10.0. The topological polar surface area (TPSA) is 74.6 Å². The monoisotopic (exact) mass is 653 g/mol. The fourth-order valence-electron chi connectivity index (χ4n) is 5.34. The number of ketones is 1. The number of fused-ring (bicyclic) bond motifs is 1. The first kappa shape index (κ1) is 41.8. The van der Waals surface area contributed by atoms with E-state index in [0.29, 0.717) is 5.65 Å². The summed E-state index contributed by atoms with van der Waals surface area (Å²) in [5.74, 6) is 0.803. The van der Waals surface area contributed by atoms with E-state index >= 15 is 0 Å². The number of allylic oxidation sites excluding steroid dienone is 1. The van der Waals surface area contributed by atoms with Gasteiger partial charge in [-0.25, -0.2) is 9.37 Å². The minimum Gasteiger partial charge on any atom is -0.394 e. The summed E-state index contributed by atoms with van der Waals surface area (Å²) in [6, 6.07) is 3.96. The first-order chi connectivity index (χ1) is 22.5. The van der Waals surface area contributed by atoms with Crippen molar-refractivity contribution < 1.29 is 9.18 Å². The maximum Gasteiger partial charge on any atom is 0.173 e. The summed E-state index contributed by atoms with van der Waals surface area (Å²) in [5, 5.41) is 6.35. The molecule has 3 aromatic heterocycles. The summed E-state index contributed by atoms with van der Waals surface area (Å²) in [6.45, 7) is 24.6. The van der Waals surface area contributed by atoms with Crippen molar-refractivity contribution in [2.75, 3.05) is 38.1 Å². The molecule has 0 spiro atoms. The molecular weight excluding hydrogens is 587 g/mol. The average molecular weight is 653 g/mol. The van der Waals surface area contributed by atoms with Crippen molar-refractivity contribution in [2.24, 2.45) is 0 Å². The van der Waals surface area contributed by atoms with Crippen molar-refractivity contribution in [3.8, 4) is 0 Å². The third-order valence-corrected chi connectivity index (χ3v) is 7.54. The van der Waals surface area contributed by atoms with Gasteiger partial charge in [0.05, 0.1) is 5.69 Å². The van der Waals surface area contributed by atoms with E-state index in [2.05, 4.69) is 61.2 Å². The van der Waals surface area contributed by atoms with Crippen LogP contribution in [0.5, 0.6) is 0 Å². The Balaban J connectivity index is 0.000000346. The van der Waals surface area contributed by atoms with Crippen molar-refractivity contribution in [1.29, 1.82) is 0 Å². The van der Waals surface area contributed by atoms with Crippen molar-refractivity contribution in [1.82, 2.24) is 25.0 Å². The number of imidazole rings is 1. The molecule has 0 unspecified atom stereocenters. The van der Waals surface area contributed by atoms with Crippen LogP contribution in [0, 0.1) is 19.7 Å². The van der Waals surface area contributed by atoms with E-state index in [1.807, 2.05) is 53.3 Å². The molecule has 0 aromatic carbocycles. The van der Waals surface area contributed by atoms with E-state index in [9.17, 15) is 9.18 Å². The molecule has 7 nitrogen and oxygen atoms in total. The average Bonchev–Trinajstić information content (AvgIpc) is 3.82. The molecule has 1 aliphatic carbocycles. The summed E-state index contributed by atoms with van der Waals surface area (Å²) >= 11 is 0. The standard InChI is InChI=1S/C16H25N3.C11H13FN2.C5H11N.C5H10O.C2H6/c1-3-4-14-12(2)18-15(13-5-6-13)11-16(14)19-9-7-17-8-10-19;1-3-4-9-5-10(12)11-13-8(2)6-14(11)7-9;1-5(2)4-6-3;1-3-4-5(2)6;1-2/h11,13,17H,3-10H2,1-2H3;5-7H,3-4H2,1-2H3;4,6H,1-3H3;3-4H2,1-2H3;1-2H3. The van der Waals surface area contributed by atoms with Gasteiger partial charge in [-0.15, -0.1) is 0 Å². The number of piperazine rings is 1. The predicted molar refractivity (Wildman–Crippen MR) is 199 cm³/mol. The van der Waals surface area contributed by atoms with Crippen molar-refractivity contribution in [3.05, 3.63) is 70.3 Å². The first-order valence-corrected chi connectivity index (χ1v) is 17.9. The second-order valence-corrected chi connectivity index (χ2v) is 12.4. The molecule has 264 valence electrons. The number of nitrogens with one attached hydrogen (secondary N) is 2. The molecule has 0 radical (unpaired) electrons. The summed E-state index contributed by atoms with van der Waals surface area (Å²) in [6.07, 6.45) is 14.4. The number of aromatic nitrogens is 3. The number of carbonyl (C=O) groups excluding carboxylic acids is 1. The molecule has 2 aliphatic rings. The highest BCUT2D eigenvalue weighted by Gasteiger charge is 2.27. The maximum atomic E-state index is 13.5. The number of hydrogen-bond acceptors (Lipinski definition) is 6. The largest absolute Gasteiger partial charge is 0.394 e. The molecular formula is C39H65FN6O. The van der Waals surface area contributed by atoms with Crippen LogP contribution in [0.3, 0.4) is 0 Å². The van der Waals surface area contributed by atoms with Crippen LogP contribution in [0.15, 0.2) is 36.3 Å². The SMILES string of the molecule is CC.CCCC(C)=O.CCCc1c(N2CCNCC2)cc(C2CC2)nc1C.CCCc1cc(F)c2nc(C)cn2c1.CNC=C(C)C. The number of hydrogen-bond donors (Lipinski definition) is 2. The summed E-state index contributed by atoms with van der Waals surface area (Å²) in [5.41, 5.74) is 9.14. The molecule has 1 saturated heterocycles. The zero-order valence-corrected chi connectivity index (χ0v) is 31.5. The first-order valence-electron chi connectivity index (χ1n) is 17.9. The molecule has 47 heavy (non-hydrogen) atoms. The number of aryl methyl sites for hydroxylation is 3. The number of pyridine rings is 2. The molecule has 1 aliphatic heterocycles. The summed E-state index contributed by atoms with van der Waals surface area (Å²) < 4.78 is 15.3. The third-order valence-electron chi connectivity index (χ3n) is 7.54. The van der Waals surface area contributed by atoms with Gasteiger partial charge in [0.2, 0.25) is 0 Å². The summed E-state index contributed by atoms with van der Waals surface area (Å²) in [7, 11) is 1.90. The Morgan fingerprint density at radius 1 is 0.979 bits per heavy atom. The Morgan fingerprint density at radius 2 is 1.62 bits per heavy atom. The molecule has 0 amide bonds. The van der Waals surface area contributed by atoms with Gasteiger partial charge in [0, 0.05) is 75.0 Å². The second-order valence-electron chi connectivity index (χ2n) is 12.4. The van der Waals surface area contributed by atoms with Gasteiger partial charge < -0.3 is 24.7 Å². The lowest BCUT2D eigenvalue weighted by molar-refractivity contribution is -0.117. The highest BCUT2D eigenvalue weighted by Crippen LogP contribution is 2.41. The lowest BCUT2D eigenvalue weighted by Gasteiger charge is -2.32.